The number of nitrogens with one attached hydrogen (secondary N) is 1. The van der Waals surface area contributed by atoms with E-state index in [0.29, 0.717) is 30.3 Å². The second kappa shape index (κ2) is 9.58. The van der Waals surface area contributed by atoms with E-state index < -0.39 is 6.10 Å². The molecule has 2 atom stereocenters. The lowest BCUT2D eigenvalue weighted by molar-refractivity contribution is -0.123. The summed E-state index contributed by atoms with van der Waals surface area (Å²) in [6.45, 7) is 2.66. The first-order valence-corrected chi connectivity index (χ1v) is 10.9. The minimum absolute atomic E-state index is 0.0112. The molecule has 6 nitrogen and oxygen atoms in total. The molecule has 1 aliphatic carbocycles. The standard InChI is InChI=1S/C24H31N3O3/c1-30-23-15-20(8-9-25-23)24(29)21(16-27-10-4-5-11-27)26-22(28)14-17-12-18-6-2-3-7-19(18)13-17/h2-3,6-9,15,17,21,24,29H,4-5,10-14,16H2,1H3,(H,26,28)/t21-,24-/m1/s1. The molecule has 1 fully saturated rings. The summed E-state index contributed by atoms with van der Waals surface area (Å²) in [6, 6.07) is 11.6. The lowest BCUT2D eigenvalue weighted by Gasteiger charge is -2.29. The summed E-state index contributed by atoms with van der Waals surface area (Å²) in [6.07, 6.45) is 5.53. The van der Waals surface area contributed by atoms with Crippen molar-refractivity contribution in [3.8, 4) is 5.88 Å². The van der Waals surface area contributed by atoms with Crippen LogP contribution in [0.15, 0.2) is 42.6 Å². The molecule has 2 N–H and O–H groups in total. The molecule has 1 aromatic carbocycles. The first kappa shape index (κ1) is 20.8. The highest BCUT2D eigenvalue weighted by molar-refractivity contribution is 5.77. The number of aliphatic hydroxyl groups is 1. The highest BCUT2D eigenvalue weighted by Crippen LogP contribution is 2.29. The van der Waals surface area contributed by atoms with Gasteiger partial charge in [-0.2, -0.15) is 0 Å². The van der Waals surface area contributed by atoms with Crippen LogP contribution >= 0.6 is 0 Å². The summed E-state index contributed by atoms with van der Waals surface area (Å²) in [5.74, 6) is 0.798. The molecule has 0 unspecified atom stereocenters. The van der Waals surface area contributed by atoms with E-state index in [9.17, 15) is 9.90 Å². The van der Waals surface area contributed by atoms with Gasteiger partial charge in [-0.25, -0.2) is 4.98 Å². The van der Waals surface area contributed by atoms with E-state index in [-0.39, 0.29) is 11.9 Å². The minimum Gasteiger partial charge on any atom is -0.481 e. The molecule has 0 bridgehead atoms. The zero-order valence-corrected chi connectivity index (χ0v) is 17.6. The van der Waals surface area contributed by atoms with Gasteiger partial charge >= 0.3 is 0 Å². The quantitative estimate of drug-likeness (QED) is 0.701. The number of ether oxygens (including phenoxy) is 1. The largest absolute Gasteiger partial charge is 0.481 e. The van der Waals surface area contributed by atoms with Gasteiger partial charge in [0.05, 0.1) is 13.2 Å². The molecular formula is C24H31N3O3. The van der Waals surface area contributed by atoms with E-state index in [0.717, 1.165) is 25.9 Å². The topological polar surface area (TPSA) is 74.7 Å². The highest BCUT2D eigenvalue weighted by atomic mass is 16.5. The Kier molecular flexibility index (Phi) is 6.65. The summed E-state index contributed by atoms with van der Waals surface area (Å²) < 4.78 is 5.20. The van der Waals surface area contributed by atoms with Crippen molar-refractivity contribution in [2.75, 3.05) is 26.7 Å². The zero-order valence-electron chi connectivity index (χ0n) is 17.6. The van der Waals surface area contributed by atoms with Crippen molar-refractivity contribution in [1.29, 1.82) is 0 Å². The Morgan fingerprint density at radius 1 is 1.23 bits per heavy atom. The van der Waals surface area contributed by atoms with Gasteiger partial charge in [-0.05, 0) is 67.4 Å². The number of rotatable bonds is 8. The SMILES string of the molecule is COc1cc([C@@H](O)[C@@H](CN2CCCC2)NC(=O)CC2Cc3ccccc3C2)ccn1. The van der Waals surface area contributed by atoms with Crippen molar-refractivity contribution in [1.82, 2.24) is 15.2 Å². The molecule has 160 valence electrons. The number of carbonyl (C=O) groups excluding carboxylic acids is 1. The van der Waals surface area contributed by atoms with Gasteiger partial charge in [0.1, 0.15) is 6.10 Å². The predicted octanol–water partition coefficient (Wildman–Crippen LogP) is 2.51. The molecule has 0 spiro atoms. The molecule has 6 heteroatoms. The van der Waals surface area contributed by atoms with Crippen molar-refractivity contribution in [2.45, 2.75) is 44.2 Å². The lowest BCUT2D eigenvalue weighted by Crippen LogP contribution is -2.47. The number of fused-ring (bicyclic) bond motifs is 1. The fourth-order valence-corrected chi connectivity index (χ4v) is 4.74. The van der Waals surface area contributed by atoms with Crippen LogP contribution in [-0.2, 0) is 17.6 Å². The van der Waals surface area contributed by atoms with Crippen LogP contribution in [-0.4, -0.2) is 53.7 Å². The summed E-state index contributed by atoms with van der Waals surface area (Å²) in [5.41, 5.74) is 3.42. The Morgan fingerprint density at radius 2 is 1.93 bits per heavy atom. The first-order chi connectivity index (χ1) is 14.6. The molecule has 0 saturated carbocycles. The van der Waals surface area contributed by atoms with Gasteiger partial charge < -0.3 is 20.1 Å². The van der Waals surface area contributed by atoms with Crippen molar-refractivity contribution in [2.24, 2.45) is 5.92 Å². The molecule has 1 amide bonds. The van der Waals surface area contributed by atoms with Crippen molar-refractivity contribution in [3.05, 3.63) is 59.3 Å². The predicted molar refractivity (Wildman–Crippen MR) is 115 cm³/mol. The average Bonchev–Trinajstić information content (AvgIpc) is 3.41. The average molecular weight is 410 g/mol. The molecule has 4 rings (SSSR count). The van der Waals surface area contributed by atoms with Crippen LogP contribution in [0.3, 0.4) is 0 Å². The van der Waals surface area contributed by atoms with Crippen LogP contribution in [0.2, 0.25) is 0 Å². The molecule has 0 radical (unpaired) electrons. The first-order valence-electron chi connectivity index (χ1n) is 10.9. The lowest BCUT2D eigenvalue weighted by atomic mass is 9.99. The Labute approximate surface area is 178 Å². The fraction of sp³-hybridized carbons (Fsp3) is 0.500. The molecule has 2 aliphatic rings. The van der Waals surface area contributed by atoms with Gasteiger partial charge in [0.15, 0.2) is 0 Å². The van der Waals surface area contributed by atoms with Crippen molar-refractivity contribution < 1.29 is 14.6 Å². The number of nitrogens with zero attached hydrogens (tertiary/aromatic N) is 2. The van der Waals surface area contributed by atoms with Gasteiger partial charge in [-0.15, -0.1) is 0 Å². The molecule has 2 heterocycles. The number of amides is 1. The Morgan fingerprint density at radius 3 is 2.60 bits per heavy atom. The maximum atomic E-state index is 12.9. The van der Waals surface area contributed by atoms with Crippen LogP contribution in [0.5, 0.6) is 5.88 Å². The van der Waals surface area contributed by atoms with Gasteiger partial charge in [0.2, 0.25) is 11.8 Å². The number of aromatic nitrogens is 1. The van der Waals surface area contributed by atoms with Crippen LogP contribution in [0.25, 0.3) is 0 Å². The van der Waals surface area contributed by atoms with Gasteiger partial charge in [0, 0.05) is 25.2 Å². The van der Waals surface area contributed by atoms with Crippen LogP contribution in [0, 0.1) is 5.92 Å². The van der Waals surface area contributed by atoms with E-state index in [4.69, 9.17) is 4.74 Å². The minimum atomic E-state index is -0.813. The number of aliphatic hydroxyl groups excluding tert-OH is 1. The normalized spacial score (nSPS) is 18.7. The summed E-state index contributed by atoms with van der Waals surface area (Å²) in [4.78, 5) is 19.4. The zero-order chi connectivity index (χ0) is 20.9. The van der Waals surface area contributed by atoms with Gasteiger partial charge in [0.25, 0.3) is 0 Å². The smallest absolute Gasteiger partial charge is 0.220 e. The molecule has 1 saturated heterocycles. The molecule has 1 aromatic heterocycles. The Balaban J connectivity index is 1.42. The molecular weight excluding hydrogens is 378 g/mol. The Bertz CT molecular complexity index is 841. The number of carbonyl (C=O) groups is 1. The van der Waals surface area contributed by atoms with Crippen LogP contribution in [0.4, 0.5) is 0 Å². The maximum Gasteiger partial charge on any atom is 0.220 e. The molecule has 2 aromatic rings. The highest BCUT2D eigenvalue weighted by Gasteiger charge is 2.29. The number of pyridine rings is 1. The van der Waals surface area contributed by atoms with Gasteiger partial charge in [-0.1, -0.05) is 24.3 Å². The summed E-state index contributed by atoms with van der Waals surface area (Å²) >= 11 is 0. The fourth-order valence-electron chi connectivity index (χ4n) is 4.74. The number of methoxy groups -OCH3 is 1. The van der Waals surface area contributed by atoms with E-state index >= 15 is 0 Å². The van der Waals surface area contributed by atoms with Crippen molar-refractivity contribution in [3.63, 3.8) is 0 Å². The monoisotopic (exact) mass is 409 g/mol. The molecule has 30 heavy (non-hydrogen) atoms. The summed E-state index contributed by atoms with van der Waals surface area (Å²) in [7, 11) is 1.56. The third-order valence-corrected chi connectivity index (χ3v) is 6.30. The summed E-state index contributed by atoms with van der Waals surface area (Å²) in [5, 5.41) is 14.2. The number of hydrogen-bond donors (Lipinski definition) is 2. The van der Waals surface area contributed by atoms with Crippen molar-refractivity contribution >= 4 is 5.91 Å². The van der Waals surface area contributed by atoms with E-state index in [1.807, 2.05) is 0 Å². The number of likely N-dealkylation sites (tertiary alicyclic amines) is 1. The van der Waals surface area contributed by atoms with E-state index in [2.05, 4.69) is 39.5 Å². The third-order valence-electron chi connectivity index (χ3n) is 6.30. The number of benzene rings is 1. The number of hydrogen-bond acceptors (Lipinski definition) is 5. The second-order valence-corrected chi connectivity index (χ2v) is 8.51. The second-order valence-electron chi connectivity index (χ2n) is 8.51. The van der Waals surface area contributed by atoms with Crippen LogP contribution in [0.1, 0.15) is 42.1 Å². The molecule has 1 aliphatic heterocycles. The third kappa shape index (κ3) is 4.99. The van der Waals surface area contributed by atoms with Gasteiger partial charge in [-0.3, -0.25) is 4.79 Å². The van der Waals surface area contributed by atoms with E-state index in [1.165, 1.54) is 24.0 Å². The van der Waals surface area contributed by atoms with E-state index in [1.54, 1.807) is 25.4 Å². The van der Waals surface area contributed by atoms with Crippen LogP contribution < -0.4 is 10.1 Å². The maximum absolute atomic E-state index is 12.9. The Hall–Kier alpha value is -2.44.